The molecule has 0 atom stereocenters. The van der Waals surface area contributed by atoms with Gasteiger partial charge in [0.1, 0.15) is 0 Å². The highest BCUT2D eigenvalue weighted by Crippen LogP contribution is 2.81. The van der Waals surface area contributed by atoms with Crippen LogP contribution in [0.1, 0.15) is 58.3 Å². The lowest BCUT2D eigenvalue weighted by Gasteiger charge is -2.15. The van der Waals surface area contributed by atoms with Crippen molar-refractivity contribution >= 4 is 0 Å². The van der Waals surface area contributed by atoms with Crippen molar-refractivity contribution in [2.75, 3.05) is 0 Å². The molecule has 0 aromatic carbocycles. The van der Waals surface area contributed by atoms with Crippen LogP contribution in [-0.4, -0.2) is 0 Å². The minimum absolute atomic E-state index is 0.878. The lowest BCUT2D eigenvalue weighted by atomic mass is 9.90. The van der Waals surface area contributed by atoms with Crippen molar-refractivity contribution < 1.29 is 0 Å². The SMILES string of the molecule is CC1C2(CCCC2)C12CCCC2. The number of rotatable bonds is 0. The smallest absolute Gasteiger partial charge is 0.0207 e. The molecule has 3 rings (SSSR count). The predicted molar refractivity (Wildman–Crippen MR) is 51.0 cm³/mol. The monoisotopic (exact) mass is 164 g/mol. The Labute approximate surface area is 75.7 Å². The third kappa shape index (κ3) is 0.592. The van der Waals surface area contributed by atoms with Gasteiger partial charge in [0.2, 0.25) is 0 Å². The fourth-order valence-electron chi connectivity index (χ4n) is 4.86. The maximum Gasteiger partial charge on any atom is -0.0207 e. The second-order valence-corrected chi connectivity index (χ2v) is 5.45. The van der Waals surface area contributed by atoms with Gasteiger partial charge >= 0.3 is 0 Å². The highest BCUT2D eigenvalue weighted by Gasteiger charge is 2.73. The minimum atomic E-state index is 0.878. The van der Waals surface area contributed by atoms with Gasteiger partial charge in [-0.3, -0.25) is 0 Å². The molecule has 0 unspecified atom stereocenters. The van der Waals surface area contributed by atoms with Crippen LogP contribution in [0.2, 0.25) is 0 Å². The van der Waals surface area contributed by atoms with Gasteiger partial charge in [-0.2, -0.15) is 0 Å². The normalized spacial score (nSPS) is 41.2. The third-order valence-electron chi connectivity index (χ3n) is 5.56. The molecule has 0 radical (unpaired) electrons. The molecule has 3 saturated carbocycles. The Morgan fingerprint density at radius 1 is 0.750 bits per heavy atom. The first-order valence-corrected chi connectivity index (χ1v) is 5.82. The van der Waals surface area contributed by atoms with Crippen LogP contribution >= 0.6 is 0 Å². The van der Waals surface area contributed by atoms with E-state index in [1.54, 1.807) is 25.7 Å². The van der Waals surface area contributed by atoms with Crippen LogP contribution in [0, 0.1) is 16.7 Å². The Bertz CT molecular complexity index is 170. The van der Waals surface area contributed by atoms with Crippen LogP contribution in [-0.2, 0) is 0 Å². The number of fused-ring (bicyclic) bond motifs is 1. The van der Waals surface area contributed by atoms with Crippen LogP contribution < -0.4 is 0 Å². The van der Waals surface area contributed by atoms with Crippen molar-refractivity contribution in [1.29, 1.82) is 0 Å². The Hall–Kier alpha value is 0. The average molecular weight is 164 g/mol. The number of hydrogen-bond acceptors (Lipinski definition) is 0. The number of hydrogen-bond donors (Lipinski definition) is 0. The van der Waals surface area contributed by atoms with Gasteiger partial charge in [-0.05, 0) is 42.4 Å². The molecule has 2 spiro atoms. The quantitative estimate of drug-likeness (QED) is 0.511. The van der Waals surface area contributed by atoms with E-state index in [1.165, 1.54) is 25.7 Å². The highest BCUT2D eigenvalue weighted by atomic mass is 14.8. The van der Waals surface area contributed by atoms with E-state index in [0.29, 0.717) is 0 Å². The molecule has 12 heavy (non-hydrogen) atoms. The average Bonchev–Trinajstić information content (AvgIpc) is 2.65. The second kappa shape index (κ2) is 2.08. The predicted octanol–water partition coefficient (Wildman–Crippen LogP) is 3.76. The van der Waals surface area contributed by atoms with E-state index in [4.69, 9.17) is 0 Å². The molecule has 0 bridgehead atoms. The van der Waals surface area contributed by atoms with Gasteiger partial charge in [-0.25, -0.2) is 0 Å². The summed E-state index contributed by atoms with van der Waals surface area (Å²) in [6, 6.07) is 0. The maximum atomic E-state index is 2.54. The maximum absolute atomic E-state index is 2.54. The molecular formula is C12H20. The lowest BCUT2D eigenvalue weighted by Crippen LogP contribution is -2.06. The molecule has 3 aliphatic carbocycles. The molecule has 0 saturated heterocycles. The van der Waals surface area contributed by atoms with E-state index < -0.39 is 0 Å². The summed E-state index contributed by atoms with van der Waals surface area (Å²) in [6.45, 7) is 2.54. The minimum Gasteiger partial charge on any atom is -0.0614 e. The lowest BCUT2D eigenvalue weighted by molar-refractivity contribution is 0.347. The molecule has 0 aromatic rings. The Morgan fingerprint density at radius 2 is 1.08 bits per heavy atom. The van der Waals surface area contributed by atoms with E-state index in [9.17, 15) is 0 Å². The first-order valence-electron chi connectivity index (χ1n) is 5.82. The largest absolute Gasteiger partial charge is 0.0614 e. The van der Waals surface area contributed by atoms with E-state index in [-0.39, 0.29) is 0 Å². The Kier molecular flexibility index (Phi) is 1.28. The van der Waals surface area contributed by atoms with Crippen molar-refractivity contribution in [2.24, 2.45) is 16.7 Å². The summed E-state index contributed by atoms with van der Waals surface area (Å²) >= 11 is 0. The molecule has 3 aliphatic rings. The fraction of sp³-hybridized carbons (Fsp3) is 1.00. The van der Waals surface area contributed by atoms with Gasteiger partial charge in [-0.15, -0.1) is 0 Å². The molecule has 0 heteroatoms. The first-order chi connectivity index (χ1) is 5.82. The molecule has 3 fully saturated rings. The first kappa shape index (κ1) is 7.41. The topological polar surface area (TPSA) is 0 Å². The molecule has 0 aromatic heterocycles. The molecule has 68 valence electrons. The van der Waals surface area contributed by atoms with Gasteiger partial charge in [0.05, 0.1) is 0 Å². The molecule has 0 heterocycles. The van der Waals surface area contributed by atoms with Gasteiger partial charge in [0.25, 0.3) is 0 Å². The van der Waals surface area contributed by atoms with E-state index in [1.807, 2.05) is 0 Å². The zero-order valence-corrected chi connectivity index (χ0v) is 8.23. The summed E-state index contributed by atoms with van der Waals surface area (Å²) in [7, 11) is 0. The van der Waals surface area contributed by atoms with Crippen LogP contribution in [0.15, 0.2) is 0 Å². The zero-order chi connectivity index (χ0) is 8.23. The van der Waals surface area contributed by atoms with E-state index in [2.05, 4.69) is 6.92 Å². The van der Waals surface area contributed by atoms with Crippen LogP contribution in [0.4, 0.5) is 0 Å². The van der Waals surface area contributed by atoms with Crippen LogP contribution in [0.5, 0.6) is 0 Å². The third-order valence-corrected chi connectivity index (χ3v) is 5.56. The van der Waals surface area contributed by atoms with Crippen LogP contribution in [0.25, 0.3) is 0 Å². The highest BCUT2D eigenvalue weighted by molar-refractivity contribution is 5.21. The van der Waals surface area contributed by atoms with Crippen molar-refractivity contribution in [3.8, 4) is 0 Å². The fourth-order valence-corrected chi connectivity index (χ4v) is 4.86. The summed E-state index contributed by atoms with van der Waals surface area (Å²) < 4.78 is 0. The summed E-state index contributed by atoms with van der Waals surface area (Å²) in [5, 5.41) is 0. The summed E-state index contributed by atoms with van der Waals surface area (Å²) in [5.74, 6) is 1.09. The zero-order valence-electron chi connectivity index (χ0n) is 8.23. The van der Waals surface area contributed by atoms with Crippen molar-refractivity contribution in [1.82, 2.24) is 0 Å². The molecule has 0 aliphatic heterocycles. The van der Waals surface area contributed by atoms with Gasteiger partial charge in [0, 0.05) is 0 Å². The molecular weight excluding hydrogens is 144 g/mol. The second-order valence-electron chi connectivity index (χ2n) is 5.45. The summed E-state index contributed by atoms with van der Waals surface area (Å²) in [6.07, 6.45) is 12.4. The standard InChI is InChI=1S/C12H20/c1-10-11(6-2-3-7-11)12(10)8-4-5-9-12/h10H,2-9H2,1H3. The van der Waals surface area contributed by atoms with E-state index in [0.717, 1.165) is 16.7 Å². The van der Waals surface area contributed by atoms with E-state index >= 15 is 0 Å². The van der Waals surface area contributed by atoms with Gasteiger partial charge < -0.3 is 0 Å². The van der Waals surface area contributed by atoms with Crippen molar-refractivity contribution in [3.63, 3.8) is 0 Å². The summed E-state index contributed by atoms with van der Waals surface area (Å²) in [5.41, 5.74) is 1.76. The Morgan fingerprint density at radius 3 is 1.42 bits per heavy atom. The van der Waals surface area contributed by atoms with Crippen molar-refractivity contribution in [2.45, 2.75) is 58.3 Å². The molecule has 0 nitrogen and oxygen atoms in total. The Balaban J connectivity index is 1.90. The van der Waals surface area contributed by atoms with Crippen LogP contribution in [0.3, 0.4) is 0 Å². The van der Waals surface area contributed by atoms with Gasteiger partial charge in [0.15, 0.2) is 0 Å². The molecule has 0 N–H and O–H groups in total. The summed E-state index contributed by atoms with van der Waals surface area (Å²) in [4.78, 5) is 0. The molecule has 0 amide bonds. The van der Waals surface area contributed by atoms with Gasteiger partial charge in [-0.1, -0.05) is 32.6 Å². The van der Waals surface area contributed by atoms with Crippen molar-refractivity contribution in [3.05, 3.63) is 0 Å².